The van der Waals surface area contributed by atoms with Gasteiger partial charge in [-0.2, -0.15) is 0 Å². The zero-order valence-electron chi connectivity index (χ0n) is 13.1. The van der Waals surface area contributed by atoms with Gasteiger partial charge in [-0.25, -0.2) is 0 Å². The van der Waals surface area contributed by atoms with Crippen LogP contribution in [0.3, 0.4) is 0 Å². The molecule has 3 nitrogen and oxygen atoms in total. The van der Waals surface area contributed by atoms with Crippen molar-refractivity contribution in [2.24, 2.45) is 0 Å². The standard InChI is InChI=1S/C19H21NO2/c1-14-8-15(2)10-16(9-14)12-22-13-20-18(11-19(20)21)17-6-4-3-5-7-17/h3-10,18H,11-13H2,1-2H3. The van der Waals surface area contributed by atoms with Gasteiger partial charge in [0.05, 0.1) is 19.1 Å². The molecule has 0 radical (unpaired) electrons. The average molecular weight is 295 g/mol. The molecule has 0 spiro atoms. The molecule has 1 heterocycles. The first-order valence-electron chi connectivity index (χ1n) is 7.63. The highest BCUT2D eigenvalue weighted by Gasteiger charge is 2.36. The number of amides is 1. The van der Waals surface area contributed by atoms with Crippen molar-refractivity contribution in [1.82, 2.24) is 4.90 Å². The number of carbonyl (C=O) groups is 1. The predicted molar refractivity (Wildman–Crippen MR) is 86.2 cm³/mol. The first kappa shape index (κ1) is 14.8. The Kier molecular flexibility index (Phi) is 4.25. The van der Waals surface area contributed by atoms with Gasteiger partial charge in [0.1, 0.15) is 6.73 Å². The molecule has 2 aromatic rings. The van der Waals surface area contributed by atoms with Gasteiger partial charge in [0.2, 0.25) is 5.91 Å². The van der Waals surface area contributed by atoms with Gasteiger partial charge in [-0.1, -0.05) is 59.7 Å². The Labute approximate surface area is 131 Å². The van der Waals surface area contributed by atoms with E-state index in [0.717, 1.165) is 5.56 Å². The molecule has 0 bridgehead atoms. The van der Waals surface area contributed by atoms with Crippen molar-refractivity contribution in [1.29, 1.82) is 0 Å². The molecule has 3 heteroatoms. The molecule has 0 aromatic heterocycles. The fourth-order valence-corrected chi connectivity index (χ4v) is 3.00. The van der Waals surface area contributed by atoms with Crippen molar-refractivity contribution < 1.29 is 9.53 Å². The number of aryl methyl sites for hydroxylation is 2. The number of rotatable bonds is 5. The summed E-state index contributed by atoms with van der Waals surface area (Å²) in [7, 11) is 0. The number of β-lactam (4-membered cyclic amide) rings is 1. The third-order valence-electron chi connectivity index (χ3n) is 4.03. The van der Waals surface area contributed by atoms with Crippen molar-refractivity contribution in [2.45, 2.75) is 32.9 Å². The smallest absolute Gasteiger partial charge is 0.227 e. The highest BCUT2D eigenvalue weighted by atomic mass is 16.5. The van der Waals surface area contributed by atoms with Crippen LogP contribution in [-0.4, -0.2) is 17.5 Å². The summed E-state index contributed by atoms with van der Waals surface area (Å²) in [5.74, 6) is 0.161. The summed E-state index contributed by atoms with van der Waals surface area (Å²) < 4.78 is 5.76. The minimum atomic E-state index is 0.160. The van der Waals surface area contributed by atoms with E-state index in [-0.39, 0.29) is 11.9 Å². The fraction of sp³-hybridized carbons (Fsp3) is 0.316. The lowest BCUT2D eigenvalue weighted by Crippen LogP contribution is -2.47. The number of hydrogen-bond acceptors (Lipinski definition) is 2. The summed E-state index contributed by atoms with van der Waals surface area (Å²) in [6.07, 6.45) is 0.580. The highest BCUT2D eigenvalue weighted by molar-refractivity contribution is 5.83. The Morgan fingerprint density at radius 3 is 2.41 bits per heavy atom. The molecule has 1 amide bonds. The lowest BCUT2D eigenvalue weighted by molar-refractivity contribution is -0.156. The van der Waals surface area contributed by atoms with Gasteiger partial charge in [-0.15, -0.1) is 0 Å². The van der Waals surface area contributed by atoms with E-state index in [4.69, 9.17) is 4.74 Å². The second-order valence-electron chi connectivity index (χ2n) is 5.97. The SMILES string of the molecule is Cc1cc(C)cc(COCN2C(=O)CC2c2ccccc2)c1. The molecule has 1 fully saturated rings. The van der Waals surface area contributed by atoms with Crippen LogP contribution in [0, 0.1) is 13.8 Å². The summed E-state index contributed by atoms with van der Waals surface area (Å²) in [5, 5.41) is 0. The molecule has 1 unspecified atom stereocenters. The van der Waals surface area contributed by atoms with Gasteiger partial charge in [-0.05, 0) is 25.0 Å². The maximum absolute atomic E-state index is 11.8. The highest BCUT2D eigenvalue weighted by Crippen LogP contribution is 2.33. The van der Waals surface area contributed by atoms with Crippen molar-refractivity contribution in [3.05, 3.63) is 70.8 Å². The molecular weight excluding hydrogens is 274 g/mol. The van der Waals surface area contributed by atoms with Gasteiger partial charge in [0, 0.05) is 0 Å². The molecule has 0 saturated carbocycles. The van der Waals surface area contributed by atoms with Crippen molar-refractivity contribution in [2.75, 3.05) is 6.73 Å². The Hall–Kier alpha value is -2.13. The minimum absolute atomic E-state index is 0.160. The van der Waals surface area contributed by atoms with E-state index < -0.39 is 0 Å². The van der Waals surface area contributed by atoms with Crippen molar-refractivity contribution in [3.8, 4) is 0 Å². The van der Waals surface area contributed by atoms with Gasteiger partial charge >= 0.3 is 0 Å². The van der Waals surface area contributed by atoms with Crippen LogP contribution in [-0.2, 0) is 16.1 Å². The van der Waals surface area contributed by atoms with E-state index in [1.165, 1.54) is 16.7 Å². The Balaban J connectivity index is 1.57. The predicted octanol–water partition coefficient (Wildman–Crippen LogP) is 3.75. The van der Waals surface area contributed by atoms with E-state index in [0.29, 0.717) is 19.8 Å². The van der Waals surface area contributed by atoms with E-state index >= 15 is 0 Å². The van der Waals surface area contributed by atoms with E-state index in [1.807, 2.05) is 18.2 Å². The molecule has 1 atom stereocenters. The number of ether oxygens (including phenoxy) is 1. The van der Waals surface area contributed by atoms with Crippen LogP contribution in [0.4, 0.5) is 0 Å². The number of benzene rings is 2. The van der Waals surface area contributed by atoms with Crippen LogP contribution in [0.2, 0.25) is 0 Å². The molecule has 0 N–H and O–H groups in total. The number of nitrogens with zero attached hydrogens (tertiary/aromatic N) is 1. The van der Waals surface area contributed by atoms with E-state index in [2.05, 4.69) is 44.2 Å². The lowest BCUT2D eigenvalue weighted by atomic mass is 9.95. The van der Waals surface area contributed by atoms with Gasteiger partial charge in [0.25, 0.3) is 0 Å². The molecular formula is C19H21NO2. The first-order chi connectivity index (χ1) is 10.6. The molecule has 2 aromatic carbocycles. The number of carbonyl (C=O) groups excluding carboxylic acids is 1. The summed E-state index contributed by atoms with van der Waals surface area (Å²) in [4.78, 5) is 13.6. The number of hydrogen-bond donors (Lipinski definition) is 0. The van der Waals surface area contributed by atoms with Gasteiger partial charge in [-0.3, -0.25) is 4.79 Å². The van der Waals surface area contributed by atoms with Crippen molar-refractivity contribution in [3.63, 3.8) is 0 Å². The molecule has 0 aliphatic carbocycles. The van der Waals surface area contributed by atoms with E-state index in [1.54, 1.807) is 4.90 Å². The van der Waals surface area contributed by atoms with E-state index in [9.17, 15) is 4.79 Å². The second-order valence-corrected chi connectivity index (χ2v) is 5.97. The summed E-state index contributed by atoms with van der Waals surface area (Å²) >= 11 is 0. The van der Waals surface area contributed by atoms with Gasteiger partial charge < -0.3 is 9.64 Å². The zero-order chi connectivity index (χ0) is 15.5. The quantitative estimate of drug-likeness (QED) is 0.786. The first-order valence-corrected chi connectivity index (χ1v) is 7.63. The Morgan fingerprint density at radius 2 is 1.77 bits per heavy atom. The maximum Gasteiger partial charge on any atom is 0.227 e. The molecule has 1 aliphatic rings. The van der Waals surface area contributed by atoms with Crippen LogP contribution < -0.4 is 0 Å². The summed E-state index contributed by atoms with van der Waals surface area (Å²) in [6, 6.07) is 16.7. The summed E-state index contributed by atoms with van der Waals surface area (Å²) in [6.45, 7) is 5.06. The summed E-state index contributed by atoms with van der Waals surface area (Å²) in [5.41, 5.74) is 4.81. The molecule has 3 rings (SSSR count). The zero-order valence-corrected chi connectivity index (χ0v) is 13.1. The largest absolute Gasteiger partial charge is 0.356 e. The third-order valence-corrected chi connectivity index (χ3v) is 4.03. The van der Waals surface area contributed by atoms with Gasteiger partial charge in [0.15, 0.2) is 0 Å². The van der Waals surface area contributed by atoms with Crippen LogP contribution in [0.15, 0.2) is 48.5 Å². The van der Waals surface area contributed by atoms with Crippen molar-refractivity contribution >= 4 is 5.91 Å². The second kappa shape index (κ2) is 6.32. The maximum atomic E-state index is 11.8. The van der Waals surface area contributed by atoms with Crippen LogP contribution in [0.5, 0.6) is 0 Å². The molecule has 1 saturated heterocycles. The minimum Gasteiger partial charge on any atom is -0.356 e. The number of likely N-dealkylation sites (tertiary alicyclic amines) is 1. The Morgan fingerprint density at radius 1 is 1.09 bits per heavy atom. The van der Waals surface area contributed by atoms with Crippen LogP contribution in [0.25, 0.3) is 0 Å². The normalized spacial score (nSPS) is 17.5. The monoisotopic (exact) mass is 295 g/mol. The molecule has 22 heavy (non-hydrogen) atoms. The average Bonchev–Trinajstić information content (AvgIpc) is 2.49. The topological polar surface area (TPSA) is 29.5 Å². The van der Waals surface area contributed by atoms with Crippen LogP contribution >= 0.6 is 0 Å². The molecule has 114 valence electrons. The lowest BCUT2D eigenvalue weighted by Gasteiger charge is -2.40. The fourth-order valence-electron chi connectivity index (χ4n) is 3.00. The Bertz CT molecular complexity index is 646. The third kappa shape index (κ3) is 3.20. The van der Waals surface area contributed by atoms with Crippen LogP contribution in [0.1, 0.15) is 34.7 Å². The molecule has 1 aliphatic heterocycles.